The maximum atomic E-state index is 11.9. The van der Waals surface area contributed by atoms with E-state index >= 15 is 0 Å². The van der Waals surface area contributed by atoms with Gasteiger partial charge in [0.05, 0.1) is 5.92 Å². The van der Waals surface area contributed by atoms with Crippen molar-refractivity contribution in [1.29, 1.82) is 0 Å². The zero-order valence-electron chi connectivity index (χ0n) is 13.6. The van der Waals surface area contributed by atoms with E-state index in [2.05, 4.69) is 15.5 Å². The highest BCUT2D eigenvalue weighted by Gasteiger charge is 2.61. The summed E-state index contributed by atoms with van der Waals surface area (Å²) in [6.45, 7) is 1.45. The minimum atomic E-state index is -0.0641. The van der Waals surface area contributed by atoms with Crippen LogP contribution >= 0.6 is 0 Å². The number of aromatic nitrogens is 2. The van der Waals surface area contributed by atoms with Crippen LogP contribution in [0.4, 0.5) is 10.5 Å². The number of nitrogens with zero attached hydrogens (tertiary/aromatic N) is 3. The fraction of sp³-hybridized carbons (Fsp3) is 0.444. The molecule has 3 fully saturated rings. The van der Waals surface area contributed by atoms with Crippen LogP contribution in [-0.4, -0.2) is 35.0 Å². The molecule has 25 heavy (non-hydrogen) atoms. The lowest BCUT2D eigenvalue weighted by molar-refractivity contribution is -0.119. The van der Waals surface area contributed by atoms with Crippen LogP contribution in [0.2, 0.25) is 0 Å². The summed E-state index contributed by atoms with van der Waals surface area (Å²) in [6, 6.07) is 7.51. The molecule has 7 nitrogen and oxygen atoms in total. The summed E-state index contributed by atoms with van der Waals surface area (Å²) in [7, 11) is 0. The number of hydrogen-bond donors (Lipinski definition) is 1. The molecule has 1 saturated heterocycles. The molecule has 1 aromatic carbocycles. The van der Waals surface area contributed by atoms with Crippen LogP contribution in [-0.2, 0) is 4.79 Å². The standard InChI is InChI=1S/C18H18N4O3/c23-13-7-6-12-14(13)15(12)17-20-16(21-25-17)10-2-4-11(5-3-10)22-9-1-8-19-18(22)24/h2-5,12,14-15H,1,6-9H2,(H,19,24). The van der Waals surface area contributed by atoms with Crippen molar-refractivity contribution in [3.8, 4) is 11.4 Å². The molecule has 0 radical (unpaired) electrons. The number of fused-ring (bicyclic) bond motifs is 1. The van der Waals surface area contributed by atoms with Crippen LogP contribution in [0.15, 0.2) is 28.8 Å². The Balaban J connectivity index is 1.34. The van der Waals surface area contributed by atoms with Crippen molar-refractivity contribution in [1.82, 2.24) is 15.5 Å². The van der Waals surface area contributed by atoms with E-state index in [9.17, 15) is 9.59 Å². The predicted octanol–water partition coefficient (Wildman–Crippen LogP) is 2.35. The normalized spacial score (nSPS) is 28.0. The second kappa shape index (κ2) is 5.40. The maximum Gasteiger partial charge on any atom is 0.321 e. The number of hydrogen-bond acceptors (Lipinski definition) is 5. The van der Waals surface area contributed by atoms with Gasteiger partial charge in [-0.2, -0.15) is 4.98 Å². The van der Waals surface area contributed by atoms with Gasteiger partial charge in [-0.3, -0.25) is 9.69 Å². The first-order valence-corrected chi connectivity index (χ1v) is 8.74. The van der Waals surface area contributed by atoms with Gasteiger partial charge in [-0.1, -0.05) is 5.16 Å². The summed E-state index contributed by atoms with van der Waals surface area (Å²) in [5.41, 5.74) is 1.69. The van der Waals surface area contributed by atoms with E-state index in [1.807, 2.05) is 24.3 Å². The molecule has 2 saturated carbocycles. The molecule has 7 heteroatoms. The maximum absolute atomic E-state index is 11.9. The van der Waals surface area contributed by atoms with Crippen LogP contribution in [0, 0.1) is 11.8 Å². The molecule has 0 bridgehead atoms. The molecule has 5 rings (SSSR count). The lowest BCUT2D eigenvalue weighted by atomic mass is 10.1. The molecule has 2 aliphatic carbocycles. The number of ketones is 1. The Labute approximate surface area is 144 Å². The van der Waals surface area contributed by atoms with E-state index in [1.54, 1.807) is 4.90 Å². The highest BCUT2D eigenvalue weighted by Crippen LogP contribution is 2.61. The molecular formula is C18H18N4O3. The van der Waals surface area contributed by atoms with Crippen molar-refractivity contribution in [2.75, 3.05) is 18.0 Å². The van der Waals surface area contributed by atoms with Crippen LogP contribution in [0.5, 0.6) is 0 Å². The lowest BCUT2D eigenvalue weighted by Gasteiger charge is -2.27. The first-order valence-electron chi connectivity index (χ1n) is 8.74. The summed E-state index contributed by atoms with van der Waals surface area (Å²) in [4.78, 5) is 29.9. The van der Waals surface area contributed by atoms with Gasteiger partial charge in [0, 0.05) is 36.7 Å². The number of urea groups is 1. The molecule has 2 amide bonds. The zero-order valence-corrected chi connectivity index (χ0v) is 13.6. The van der Waals surface area contributed by atoms with E-state index in [0.717, 1.165) is 37.2 Å². The van der Waals surface area contributed by atoms with E-state index < -0.39 is 0 Å². The fourth-order valence-corrected chi connectivity index (χ4v) is 4.14. The van der Waals surface area contributed by atoms with Gasteiger partial charge in [0.15, 0.2) is 0 Å². The van der Waals surface area contributed by atoms with E-state index in [0.29, 0.717) is 29.8 Å². The largest absolute Gasteiger partial charge is 0.339 e. The van der Waals surface area contributed by atoms with Crippen molar-refractivity contribution < 1.29 is 14.1 Å². The Morgan fingerprint density at radius 1 is 1.16 bits per heavy atom. The summed E-state index contributed by atoms with van der Waals surface area (Å²) in [5.74, 6) is 2.08. The third-order valence-electron chi connectivity index (χ3n) is 5.51. The summed E-state index contributed by atoms with van der Waals surface area (Å²) < 4.78 is 5.40. The third kappa shape index (κ3) is 2.33. The van der Waals surface area contributed by atoms with Gasteiger partial charge in [0.25, 0.3) is 0 Å². The Morgan fingerprint density at radius 2 is 2.00 bits per heavy atom. The molecule has 3 unspecified atom stereocenters. The number of Topliss-reactive ketones (excluding diaryl/α,β-unsaturated/α-hetero) is 1. The van der Waals surface area contributed by atoms with Crippen LogP contribution in [0.1, 0.15) is 31.1 Å². The molecule has 1 aliphatic heterocycles. The second-order valence-corrected chi connectivity index (χ2v) is 6.96. The predicted molar refractivity (Wildman–Crippen MR) is 89.1 cm³/mol. The summed E-state index contributed by atoms with van der Waals surface area (Å²) in [6.07, 6.45) is 2.57. The van der Waals surface area contributed by atoms with Gasteiger partial charge in [0.1, 0.15) is 5.78 Å². The van der Waals surface area contributed by atoms with Crippen molar-refractivity contribution in [2.24, 2.45) is 11.8 Å². The number of carbonyl (C=O) groups is 2. The Kier molecular flexibility index (Phi) is 3.16. The Bertz CT molecular complexity index is 844. The van der Waals surface area contributed by atoms with Crippen LogP contribution in [0.25, 0.3) is 11.4 Å². The van der Waals surface area contributed by atoms with Gasteiger partial charge >= 0.3 is 6.03 Å². The van der Waals surface area contributed by atoms with Crippen LogP contribution < -0.4 is 10.2 Å². The average Bonchev–Trinajstić information content (AvgIpc) is 2.96. The van der Waals surface area contributed by atoms with E-state index in [-0.39, 0.29) is 17.9 Å². The first-order chi connectivity index (χ1) is 12.2. The van der Waals surface area contributed by atoms with Crippen molar-refractivity contribution >= 4 is 17.5 Å². The molecular weight excluding hydrogens is 320 g/mol. The first kappa shape index (κ1) is 14.6. The molecule has 0 spiro atoms. The van der Waals surface area contributed by atoms with E-state index in [1.165, 1.54) is 0 Å². The van der Waals surface area contributed by atoms with Gasteiger partial charge in [-0.05, 0) is 43.0 Å². The molecule has 128 valence electrons. The number of benzene rings is 1. The molecule has 3 atom stereocenters. The van der Waals surface area contributed by atoms with Gasteiger partial charge < -0.3 is 9.84 Å². The highest BCUT2D eigenvalue weighted by atomic mass is 16.5. The quantitative estimate of drug-likeness (QED) is 0.928. The number of nitrogens with one attached hydrogen (secondary N) is 1. The van der Waals surface area contributed by atoms with Crippen molar-refractivity contribution in [2.45, 2.75) is 25.2 Å². The number of carbonyl (C=O) groups excluding carboxylic acids is 2. The summed E-state index contributed by atoms with van der Waals surface area (Å²) >= 11 is 0. The minimum Gasteiger partial charge on any atom is -0.339 e. The number of anilines is 1. The Hall–Kier alpha value is -2.70. The van der Waals surface area contributed by atoms with Gasteiger partial charge in [-0.15, -0.1) is 0 Å². The van der Waals surface area contributed by atoms with Gasteiger partial charge in [-0.25, -0.2) is 4.79 Å². The molecule has 2 heterocycles. The van der Waals surface area contributed by atoms with E-state index in [4.69, 9.17) is 4.52 Å². The minimum absolute atomic E-state index is 0.0641. The number of amides is 2. The monoisotopic (exact) mass is 338 g/mol. The second-order valence-electron chi connectivity index (χ2n) is 6.96. The highest BCUT2D eigenvalue weighted by molar-refractivity contribution is 5.92. The smallest absolute Gasteiger partial charge is 0.321 e. The van der Waals surface area contributed by atoms with Crippen LogP contribution in [0.3, 0.4) is 0 Å². The topological polar surface area (TPSA) is 88.3 Å². The molecule has 1 aromatic heterocycles. The number of rotatable bonds is 3. The molecule has 2 aromatic rings. The Morgan fingerprint density at radius 3 is 2.72 bits per heavy atom. The average molecular weight is 338 g/mol. The van der Waals surface area contributed by atoms with Gasteiger partial charge in [0.2, 0.25) is 11.7 Å². The zero-order chi connectivity index (χ0) is 17.0. The van der Waals surface area contributed by atoms with Crippen molar-refractivity contribution in [3.63, 3.8) is 0 Å². The fourth-order valence-electron chi connectivity index (χ4n) is 4.14. The third-order valence-corrected chi connectivity index (χ3v) is 5.51. The van der Waals surface area contributed by atoms with Crippen molar-refractivity contribution in [3.05, 3.63) is 30.2 Å². The summed E-state index contributed by atoms with van der Waals surface area (Å²) in [5, 5.41) is 6.91. The molecule has 3 aliphatic rings. The lowest BCUT2D eigenvalue weighted by Crippen LogP contribution is -2.46. The SMILES string of the molecule is O=C1CCC2C1C2c1nc(-c2ccc(N3CCCNC3=O)cc2)no1. The molecule has 1 N–H and O–H groups in total.